The number of nitrogens with one attached hydrogen (secondary N) is 2. The molecule has 8 heteroatoms. The quantitative estimate of drug-likeness (QED) is 0.472. The number of ether oxygens (including phenoxy) is 2. The summed E-state index contributed by atoms with van der Waals surface area (Å²) in [7, 11) is 2.19. The van der Waals surface area contributed by atoms with Gasteiger partial charge in [0.15, 0.2) is 0 Å². The molecule has 228 valence electrons. The molecule has 2 aliphatic carbocycles. The van der Waals surface area contributed by atoms with Crippen LogP contribution in [0.5, 0.6) is 0 Å². The molecule has 2 N–H and O–H groups in total. The third-order valence-electron chi connectivity index (χ3n) is 10.3. The highest BCUT2D eigenvalue weighted by molar-refractivity contribution is 5.81. The van der Waals surface area contributed by atoms with Gasteiger partial charge in [-0.1, -0.05) is 32.3 Å². The molecule has 4 heterocycles. The first-order valence-electron chi connectivity index (χ1n) is 16.2. The molecular formula is C34H49N5O3. The fraction of sp³-hybridized carbons (Fsp3) is 0.647. The molecule has 1 atom stereocenters. The van der Waals surface area contributed by atoms with Crippen molar-refractivity contribution in [3.63, 3.8) is 0 Å². The number of piperidine rings is 1. The number of nitrogens with zero attached hydrogens (tertiary/aromatic N) is 3. The van der Waals surface area contributed by atoms with E-state index in [0.717, 1.165) is 102 Å². The Hall–Kier alpha value is -2.68. The maximum Gasteiger partial charge on any atom is 0.226 e. The molecule has 8 nitrogen and oxygen atoms in total. The van der Waals surface area contributed by atoms with Crippen LogP contribution in [0.15, 0.2) is 41.2 Å². The SMILES string of the molecule is CC1=CC2(CCN(C)CC2)OC2=C1C=C(c1cc(/C=C\C(C)C(=O)NCC3(N4CCOCC4)CCCCC3)[nH]n1)CC2. The average Bonchev–Trinajstić information content (AvgIpc) is 3.50. The minimum atomic E-state index is -0.220. The standard InChI is InChI=1S/C34H49N5O3/c1-25(32(40)35-24-33(11-5-4-6-12-33)39-17-19-41-20-18-39)7-9-28-22-30(37-36-28)27-8-10-31-29(21-27)26(2)23-34(42-31)13-15-38(3)16-14-34/h7,9,21-23,25H,4-6,8,10-20,24H2,1-3H3,(H,35,40)(H,36,37)/b9-7-. The number of rotatable bonds is 7. The van der Waals surface area contributed by atoms with Crippen LogP contribution in [-0.4, -0.2) is 90.0 Å². The van der Waals surface area contributed by atoms with Gasteiger partial charge in [0.1, 0.15) is 11.4 Å². The fourth-order valence-electron chi connectivity index (χ4n) is 7.53. The van der Waals surface area contributed by atoms with Crippen molar-refractivity contribution in [2.75, 3.05) is 53.0 Å². The number of allylic oxidation sites excluding steroid dienone is 5. The van der Waals surface area contributed by atoms with E-state index in [4.69, 9.17) is 9.47 Å². The normalized spacial score (nSPS) is 25.5. The van der Waals surface area contributed by atoms with Crippen molar-refractivity contribution in [3.05, 3.63) is 52.6 Å². The maximum atomic E-state index is 13.1. The molecule has 2 saturated heterocycles. The summed E-state index contributed by atoms with van der Waals surface area (Å²) in [4.78, 5) is 18.1. The van der Waals surface area contributed by atoms with Crippen LogP contribution in [0, 0.1) is 5.92 Å². The molecule has 0 aromatic carbocycles. The van der Waals surface area contributed by atoms with Crippen molar-refractivity contribution in [2.45, 2.75) is 82.8 Å². The van der Waals surface area contributed by atoms with Crippen molar-refractivity contribution in [1.82, 2.24) is 25.3 Å². The summed E-state index contributed by atoms with van der Waals surface area (Å²) in [6.45, 7) is 10.6. The van der Waals surface area contributed by atoms with Gasteiger partial charge in [-0.15, -0.1) is 0 Å². The molecule has 1 spiro atoms. The Labute approximate surface area is 251 Å². The number of hydrogen-bond donors (Lipinski definition) is 2. The smallest absolute Gasteiger partial charge is 0.226 e. The van der Waals surface area contributed by atoms with Crippen molar-refractivity contribution in [1.29, 1.82) is 0 Å². The molecule has 0 bridgehead atoms. The van der Waals surface area contributed by atoms with Gasteiger partial charge in [-0.3, -0.25) is 14.8 Å². The van der Waals surface area contributed by atoms with Crippen LogP contribution in [0.1, 0.15) is 83.0 Å². The highest BCUT2D eigenvalue weighted by atomic mass is 16.5. The zero-order chi connectivity index (χ0) is 29.2. The first-order chi connectivity index (χ1) is 20.3. The number of H-pyrrole nitrogens is 1. The van der Waals surface area contributed by atoms with Crippen LogP contribution in [0.2, 0.25) is 0 Å². The molecule has 1 unspecified atom stereocenters. The number of aromatic nitrogens is 2. The summed E-state index contributed by atoms with van der Waals surface area (Å²) in [5, 5.41) is 11.1. The van der Waals surface area contributed by atoms with Gasteiger partial charge in [-0.05, 0) is 68.7 Å². The Balaban J connectivity index is 1.06. The third kappa shape index (κ3) is 6.31. The van der Waals surface area contributed by atoms with Crippen LogP contribution >= 0.6 is 0 Å². The van der Waals surface area contributed by atoms with Crippen LogP contribution in [0.25, 0.3) is 11.6 Å². The average molecular weight is 576 g/mol. The summed E-state index contributed by atoms with van der Waals surface area (Å²) in [6, 6.07) is 2.09. The Morgan fingerprint density at radius 2 is 1.88 bits per heavy atom. The molecule has 1 amide bonds. The topological polar surface area (TPSA) is 82.7 Å². The monoisotopic (exact) mass is 575 g/mol. The van der Waals surface area contributed by atoms with E-state index in [1.54, 1.807) is 0 Å². The van der Waals surface area contributed by atoms with E-state index >= 15 is 0 Å². The lowest BCUT2D eigenvalue weighted by Crippen LogP contribution is -2.60. The van der Waals surface area contributed by atoms with Gasteiger partial charge in [0.05, 0.1) is 30.5 Å². The van der Waals surface area contributed by atoms with Crippen molar-refractivity contribution >= 4 is 17.6 Å². The lowest BCUT2D eigenvalue weighted by molar-refractivity contribution is -0.124. The van der Waals surface area contributed by atoms with Gasteiger partial charge in [-0.2, -0.15) is 5.10 Å². The Kier molecular flexibility index (Phi) is 8.75. The lowest BCUT2D eigenvalue weighted by Gasteiger charge is -2.48. The number of morpholine rings is 1. The van der Waals surface area contributed by atoms with Gasteiger partial charge in [0, 0.05) is 63.1 Å². The molecule has 42 heavy (non-hydrogen) atoms. The molecule has 0 radical (unpaired) electrons. The van der Waals surface area contributed by atoms with Crippen molar-refractivity contribution in [3.8, 4) is 0 Å². The predicted octanol–water partition coefficient (Wildman–Crippen LogP) is 5.08. The molecule has 6 rings (SSSR count). The summed E-state index contributed by atoms with van der Waals surface area (Å²) in [5.41, 5.74) is 5.60. The number of aromatic amines is 1. The van der Waals surface area contributed by atoms with Gasteiger partial charge in [0.25, 0.3) is 0 Å². The Morgan fingerprint density at radius 3 is 2.64 bits per heavy atom. The molecule has 1 saturated carbocycles. The van der Waals surface area contributed by atoms with Crippen LogP contribution < -0.4 is 5.32 Å². The highest BCUT2D eigenvalue weighted by Crippen LogP contribution is 2.43. The van der Waals surface area contributed by atoms with Crippen molar-refractivity contribution < 1.29 is 14.3 Å². The Morgan fingerprint density at radius 1 is 1.12 bits per heavy atom. The number of carbonyl (C=O) groups is 1. The second-order valence-electron chi connectivity index (χ2n) is 13.3. The number of hydrogen-bond acceptors (Lipinski definition) is 6. The van der Waals surface area contributed by atoms with Crippen molar-refractivity contribution in [2.24, 2.45) is 5.92 Å². The maximum absolute atomic E-state index is 13.1. The summed E-state index contributed by atoms with van der Waals surface area (Å²) in [6.07, 6.45) is 18.6. The van der Waals surface area contributed by atoms with E-state index in [1.807, 2.05) is 19.1 Å². The number of amides is 1. The van der Waals surface area contributed by atoms with E-state index < -0.39 is 0 Å². The molecule has 1 aromatic rings. The molecular weight excluding hydrogens is 526 g/mol. The second-order valence-corrected chi connectivity index (χ2v) is 13.3. The largest absolute Gasteiger partial charge is 0.487 e. The zero-order valence-corrected chi connectivity index (χ0v) is 25.8. The molecule has 3 fully saturated rings. The fourth-order valence-corrected chi connectivity index (χ4v) is 7.53. The minimum absolute atomic E-state index is 0.0764. The lowest BCUT2D eigenvalue weighted by atomic mass is 9.79. The van der Waals surface area contributed by atoms with E-state index in [-0.39, 0.29) is 23.0 Å². The first kappa shape index (κ1) is 29.4. The highest BCUT2D eigenvalue weighted by Gasteiger charge is 2.40. The second kappa shape index (κ2) is 12.5. The van der Waals surface area contributed by atoms with Gasteiger partial charge < -0.3 is 19.7 Å². The summed E-state index contributed by atoms with van der Waals surface area (Å²) < 4.78 is 12.3. The first-order valence-corrected chi connectivity index (χ1v) is 16.2. The van der Waals surface area contributed by atoms with E-state index in [2.05, 4.69) is 57.5 Å². The number of carbonyl (C=O) groups excluding carboxylic acids is 1. The van der Waals surface area contributed by atoms with E-state index in [1.165, 1.54) is 36.0 Å². The third-order valence-corrected chi connectivity index (χ3v) is 10.3. The van der Waals surface area contributed by atoms with Gasteiger partial charge in [-0.25, -0.2) is 0 Å². The molecule has 1 aromatic heterocycles. The predicted molar refractivity (Wildman–Crippen MR) is 167 cm³/mol. The van der Waals surface area contributed by atoms with Gasteiger partial charge >= 0.3 is 0 Å². The Bertz CT molecular complexity index is 1250. The van der Waals surface area contributed by atoms with Crippen LogP contribution in [-0.2, 0) is 14.3 Å². The van der Waals surface area contributed by atoms with Gasteiger partial charge in [0.2, 0.25) is 5.91 Å². The summed E-state index contributed by atoms with van der Waals surface area (Å²) in [5.74, 6) is 1.01. The van der Waals surface area contributed by atoms with Crippen LogP contribution in [0.3, 0.4) is 0 Å². The molecule has 3 aliphatic heterocycles. The minimum Gasteiger partial charge on any atom is -0.487 e. The van der Waals surface area contributed by atoms with Crippen LogP contribution in [0.4, 0.5) is 0 Å². The summed E-state index contributed by atoms with van der Waals surface area (Å²) >= 11 is 0. The molecule has 5 aliphatic rings. The van der Waals surface area contributed by atoms with E-state index in [9.17, 15) is 4.79 Å². The number of likely N-dealkylation sites (tertiary alicyclic amines) is 1. The van der Waals surface area contributed by atoms with E-state index in [0.29, 0.717) is 0 Å². The zero-order valence-electron chi connectivity index (χ0n) is 25.8.